The molecule has 74 valence electrons. The number of amides is 1. The second-order valence-corrected chi connectivity index (χ2v) is 3.38. The van der Waals surface area contributed by atoms with Gasteiger partial charge in [-0.2, -0.15) is 0 Å². The summed E-state index contributed by atoms with van der Waals surface area (Å²) >= 11 is 0. The van der Waals surface area contributed by atoms with Crippen LogP contribution in [0, 0.1) is 5.92 Å². The van der Waals surface area contributed by atoms with Crippen molar-refractivity contribution < 1.29 is 9.59 Å². The van der Waals surface area contributed by atoms with Gasteiger partial charge in [0.25, 0.3) is 0 Å². The minimum absolute atomic E-state index is 0.00873. The molecule has 0 aliphatic heterocycles. The molecule has 0 radical (unpaired) electrons. The number of aldehydes is 1. The van der Waals surface area contributed by atoms with Gasteiger partial charge in [0.1, 0.15) is 6.29 Å². The number of carbonyl (C=O) groups is 2. The van der Waals surface area contributed by atoms with E-state index in [1.807, 2.05) is 19.1 Å². The molecule has 1 aromatic rings. The van der Waals surface area contributed by atoms with Gasteiger partial charge in [0.05, 0.1) is 0 Å². The van der Waals surface area contributed by atoms with Gasteiger partial charge in [-0.05, 0) is 24.1 Å². The Kier molecular flexibility index (Phi) is 3.40. The Labute approximate surface area is 82.9 Å². The third-order valence-corrected chi connectivity index (χ3v) is 2.03. The molecule has 0 unspecified atom stereocenters. The summed E-state index contributed by atoms with van der Waals surface area (Å²) in [5, 5.41) is 0. The van der Waals surface area contributed by atoms with Crippen molar-refractivity contribution in [1.82, 2.24) is 0 Å². The Balaban J connectivity index is 2.73. The lowest BCUT2D eigenvalue weighted by Gasteiger charge is -2.03. The van der Waals surface area contributed by atoms with E-state index < -0.39 is 5.91 Å². The van der Waals surface area contributed by atoms with E-state index in [1.165, 1.54) is 0 Å². The number of carbonyl (C=O) groups excluding carboxylic acids is 2. The summed E-state index contributed by atoms with van der Waals surface area (Å²) in [4.78, 5) is 21.2. The standard InChI is InChI=1S/C11H13NO2/c1-8(7-13)6-9-2-4-10(5-3-9)11(12)14/h2-5,7-8H,6H2,1H3,(H2,12,14)/t8-/m0/s1. The lowest BCUT2D eigenvalue weighted by Crippen LogP contribution is -2.10. The summed E-state index contributed by atoms with van der Waals surface area (Å²) in [5.41, 5.74) is 6.63. The van der Waals surface area contributed by atoms with Crippen molar-refractivity contribution in [2.75, 3.05) is 0 Å². The summed E-state index contributed by atoms with van der Waals surface area (Å²) in [5.74, 6) is -0.422. The highest BCUT2D eigenvalue weighted by Gasteiger charge is 2.03. The molecule has 14 heavy (non-hydrogen) atoms. The van der Waals surface area contributed by atoms with Crippen molar-refractivity contribution in [1.29, 1.82) is 0 Å². The maximum atomic E-state index is 10.8. The third kappa shape index (κ3) is 2.69. The summed E-state index contributed by atoms with van der Waals surface area (Å²) in [6.07, 6.45) is 1.62. The zero-order valence-corrected chi connectivity index (χ0v) is 8.07. The molecule has 0 saturated heterocycles. The van der Waals surface area contributed by atoms with E-state index >= 15 is 0 Å². The first-order valence-corrected chi connectivity index (χ1v) is 4.47. The molecule has 0 aliphatic carbocycles. The highest BCUT2D eigenvalue weighted by Crippen LogP contribution is 2.08. The predicted molar refractivity (Wildman–Crippen MR) is 53.9 cm³/mol. The van der Waals surface area contributed by atoms with Crippen LogP contribution < -0.4 is 5.73 Å². The van der Waals surface area contributed by atoms with Crippen LogP contribution in [0.3, 0.4) is 0 Å². The van der Waals surface area contributed by atoms with Crippen LogP contribution >= 0.6 is 0 Å². The van der Waals surface area contributed by atoms with Gasteiger partial charge in [-0.1, -0.05) is 19.1 Å². The SMILES string of the molecule is C[C@H](C=O)Cc1ccc(C(N)=O)cc1. The fourth-order valence-corrected chi connectivity index (χ4v) is 1.22. The van der Waals surface area contributed by atoms with Crippen LogP contribution in [0.25, 0.3) is 0 Å². The Morgan fingerprint density at radius 3 is 2.43 bits per heavy atom. The summed E-state index contributed by atoms with van der Waals surface area (Å²) < 4.78 is 0. The molecule has 1 aromatic carbocycles. The molecule has 1 amide bonds. The first-order chi connectivity index (χ1) is 6.63. The van der Waals surface area contributed by atoms with Gasteiger partial charge in [-0.25, -0.2) is 0 Å². The monoisotopic (exact) mass is 191 g/mol. The highest BCUT2D eigenvalue weighted by atomic mass is 16.1. The lowest BCUT2D eigenvalue weighted by atomic mass is 10.0. The molecular formula is C11H13NO2. The molecule has 2 N–H and O–H groups in total. The van der Waals surface area contributed by atoms with E-state index in [1.54, 1.807) is 12.1 Å². The van der Waals surface area contributed by atoms with Crippen LogP contribution in [0.2, 0.25) is 0 Å². The van der Waals surface area contributed by atoms with Crippen LogP contribution in [0.1, 0.15) is 22.8 Å². The molecule has 0 fully saturated rings. The van der Waals surface area contributed by atoms with Crippen molar-refractivity contribution in [3.8, 4) is 0 Å². The molecule has 3 nitrogen and oxygen atoms in total. The maximum Gasteiger partial charge on any atom is 0.248 e. The normalized spacial score (nSPS) is 12.1. The van der Waals surface area contributed by atoms with Crippen molar-refractivity contribution in [2.24, 2.45) is 11.7 Å². The first kappa shape index (κ1) is 10.4. The Hall–Kier alpha value is -1.64. The van der Waals surface area contributed by atoms with Crippen LogP contribution in [-0.2, 0) is 11.2 Å². The molecule has 1 atom stereocenters. The van der Waals surface area contributed by atoms with E-state index in [-0.39, 0.29) is 5.92 Å². The van der Waals surface area contributed by atoms with Crippen molar-refractivity contribution in [3.05, 3.63) is 35.4 Å². The maximum absolute atomic E-state index is 10.8. The quantitative estimate of drug-likeness (QED) is 0.726. The Morgan fingerprint density at radius 1 is 1.43 bits per heavy atom. The van der Waals surface area contributed by atoms with Crippen LogP contribution in [0.15, 0.2) is 24.3 Å². The molecule has 0 aromatic heterocycles. The lowest BCUT2D eigenvalue weighted by molar-refractivity contribution is -0.110. The fourth-order valence-electron chi connectivity index (χ4n) is 1.22. The molecule has 0 heterocycles. The minimum atomic E-state index is -0.431. The van der Waals surface area contributed by atoms with E-state index in [2.05, 4.69) is 0 Å². The number of rotatable bonds is 4. The highest BCUT2D eigenvalue weighted by molar-refractivity contribution is 5.92. The number of hydrogen-bond acceptors (Lipinski definition) is 2. The van der Waals surface area contributed by atoms with Crippen LogP contribution in [0.5, 0.6) is 0 Å². The number of benzene rings is 1. The summed E-state index contributed by atoms with van der Waals surface area (Å²) in [6, 6.07) is 6.99. The molecule has 0 spiro atoms. The molecule has 3 heteroatoms. The molecule has 0 bridgehead atoms. The van der Waals surface area contributed by atoms with E-state index in [0.29, 0.717) is 12.0 Å². The molecular weight excluding hydrogens is 178 g/mol. The predicted octanol–water partition coefficient (Wildman–Crippen LogP) is 1.16. The second-order valence-electron chi connectivity index (χ2n) is 3.38. The zero-order valence-electron chi connectivity index (χ0n) is 8.07. The van der Waals surface area contributed by atoms with Crippen molar-refractivity contribution >= 4 is 12.2 Å². The minimum Gasteiger partial charge on any atom is -0.366 e. The average molecular weight is 191 g/mol. The average Bonchev–Trinajstić information content (AvgIpc) is 2.18. The topological polar surface area (TPSA) is 60.2 Å². The fraction of sp³-hybridized carbons (Fsp3) is 0.273. The zero-order chi connectivity index (χ0) is 10.6. The van der Waals surface area contributed by atoms with Gasteiger partial charge in [0.15, 0.2) is 0 Å². The van der Waals surface area contributed by atoms with Gasteiger partial charge in [0, 0.05) is 11.5 Å². The van der Waals surface area contributed by atoms with Gasteiger partial charge >= 0.3 is 0 Å². The smallest absolute Gasteiger partial charge is 0.248 e. The van der Waals surface area contributed by atoms with Gasteiger partial charge < -0.3 is 10.5 Å². The van der Waals surface area contributed by atoms with Gasteiger partial charge in [0.2, 0.25) is 5.91 Å². The number of hydrogen-bond donors (Lipinski definition) is 1. The second kappa shape index (κ2) is 4.56. The van der Waals surface area contributed by atoms with E-state index in [9.17, 15) is 9.59 Å². The molecule has 0 aliphatic rings. The van der Waals surface area contributed by atoms with Crippen molar-refractivity contribution in [2.45, 2.75) is 13.3 Å². The molecule has 0 saturated carbocycles. The summed E-state index contributed by atoms with van der Waals surface area (Å²) in [7, 11) is 0. The molecule has 1 rings (SSSR count). The van der Waals surface area contributed by atoms with Crippen LogP contribution in [-0.4, -0.2) is 12.2 Å². The third-order valence-electron chi connectivity index (χ3n) is 2.03. The van der Waals surface area contributed by atoms with E-state index in [0.717, 1.165) is 11.8 Å². The van der Waals surface area contributed by atoms with E-state index in [4.69, 9.17) is 5.73 Å². The van der Waals surface area contributed by atoms with Gasteiger partial charge in [-0.15, -0.1) is 0 Å². The Morgan fingerprint density at radius 2 is 2.00 bits per heavy atom. The van der Waals surface area contributed by atoms with Crippen molar-refractivity contribution in [3.63, 3.8) is 0 Å². The van der Waals surface area contributed by atoms with Crippen LogP contribution in [0.4, 0.5) is 0 Å². The number of primary amides is 1. The summed E-state index contributed by atoms with van der Waals surface area (Å²) in [6.45, 7) is 1.86. The Bertz CT molecular complexity index is 330. The first-order valence-electron chi connectivity index (χ1n) is 4.47. The number of nitrogens with two attached hydrogens (primary N) is 1. The van der Waals surface area contributed by atoms with Gasteiger partial charge in [-0.3, -0.25) is 4.79 Å². The largest absolute Gasteiger partial charge is 0.366 e.